The van der Waals surface area contributed by atoms with Crippen molar-refractivity contribution in [1.29, 1.82) is 0 Å². The second-order valence-corrected chi connectivity index (χ2v) is 7.04. The van der Waals surface area contributed by atoms with Crippen molar-refractivity contribution in [2.45, 2.75) is 13.8 Å². The highest BCUT2D eigenvalue weighted by atomic mass is 35.5. The molecular weight excluding hydrogens is 351 g/mol. The van der Waals surface area contributed by atoms with Crippen LogP contribution in [0.3, 0.4) is 0 Å². The van der Waals surface area contributed by atoms with Crippen LogP contribution in [-0.2, 0) is 0 Å². The molecule has 1 aromatic heterocycles. The predicted molar refractivity (Wildman–Crippen MR) is 106 cm³/mol. The van der Waals surface area contributed by atoms with E-state index < -0.39 is 0 Å². The molecule has 3 aromatic carbocycles. The fourth-order valence-electron chi connectivity index (χ4n) is 3.20. The van der Waals surface area contributed by atoms with Gasteiger partial charge in [-0.2, -0.15) is 0 Å². The topological polar surface area (TPSA) is 17.8 Å². The van der Waals surface area contributed by atoms with E-state index in [1.165, 1.54) is 5.56 Å². The third-order valence-electron chi connectivity index (χ3n) is 4.41. The van der Waals surface area contributed by atoms with Gasteiger partial charge >= 0.3 is 0 Å². The number of halogens is 2. The molecule has 0 bridgehead atoms. The summed E-state index contributed by atoms with van der Waals surface area (Å²) in [5.74, 6) is 0. The average molecular weight is 367 g/mol. The number of nitrogens with zero attached hydrogens (tertiary/aromatic N) is 2. The normalized spacial score (nSPS) is 11.2. The number of imidazole rings is 1. The first-order valence-electron chi connectivity index (χ1n) is 8.04. The van der Waals surface area contributed by atoms with Crippen LogP contribution in [0.25, 0.3) is 27.8 Å². The molecule has 1 heterocycles. The second kappa shape index (κ2) is 6.21. The van der Waals surface area contributed by atoms with E-state index in [2.05, 4.69) is 46.8 Å². The molecule has 0 spiro atoms. The van der Waals surface area contributed by atoms with Crippen molar-refractivity contribution in [3.63, 3.8) is 0 Å². The van der Waals surface area contributed by atoms with Crippen LogP contribution in [-0.4, -0.2) is 9.55 Å². The fourth-order valence-corrected chi connectivity index (χ4v) is 3.70. The number of hydrogen-bond acceptors (Lipinski definition) is 1. The summed E-state index contributed by atoms with van der Waals surface area (Å²) in [4.78, 5) is 4.50. The molecular formula is C21H16Cl2N2. The number of fused-ring (bicyclic) bond motifs is 1. The molecule has 124 valence electrons. The number of aromatic nitrogens is 2. The molecule has 4 heteroatoms. The van der Waals surface area contributed by atoms with E-state index in [0.29, 0.717) is 5.02 Å². The van der Waals surface area contributed by atoms with Gasteiger partial charge in [0.05, 0.1) is 16.7 Å². The largest absolute Gasteiger partial charge is 0.298 e. The Morgan fingerprint density at radius 1 is 0.920 bits per heavy atom. The molecule has 0 aliphatic heterocycles. The third-order valence-corrected chi connectivity index (χ3v) is 4.96. The van der Waals surface area contributed by atoms with Crippen molar-refractivity contribution in [1.82, 2.24) is 9.55 Å². The molecule has 0 aliphatic carbocycles. The van der Waals surface area contributed by atoms with Crippen LogP contribution in [0, 0.1) is 13.8 Å². The summed E-state index contributed by atoms with van der Waals surface area (Å²) >= 11 is 12.7. The smallest absolute Gasteiger partial charge is 0.100 e. The first kappa shape index (κ1) is 16.2. The summed E-state index contributed by atoms with van der Waals surface area (Å²) in [5.41, 5.74) is 7.38. The van der Waals surface area contributed by atoms with Crippen molar-refractivity contribution in [3.05, 3.63) is 82.1 Å². The Hall–Kier alpha value is -2.29. The van der Waals surface area contributed by atoms with Gasteiger partial charge in [-0.15, -0.1) is 0 Å². The Balaban J connectivity index is 2.01. The lowest BCUT2D eigenvalue weighted by molar-refractivity contribution is 1.09. The minimum Gasteiger partial charge on any atom is -0.298 e. The van der Waals surface area contributed by atoms with E-state index in [-0.39, 0.29) is 0 Å². The van der Waals surface area contributed by atoms with Gasteiger partial charge in [0.15, 0.2) is 0 Å². The van der Waals surface area contributed by atoms with Crippen molar-refractivity contribution in [2.75, 3.05) is 0 Å². The first-order chi connectivity index (χ1) is 12.0. The zero-order chi connectivity index (χ0) is 17.6. The van der Waals surface area contributed by atoms with E-state index >= 15 is 0 Å². The van der Waals surface area contributed by atoms with Crippen LogP contribution in [0.1, 0.15) is 11.1 Å². The summed E-state index contributed by atoms with van der Waals surface area (Å²) in [6.45, 7) is 4.15. The van der Waals surface area contributed by atoms with Gasteiger partial charge in [0.1, 0.15) is 6.33 Å². The van der Waals surface area contributed by atoms with Crippen molar-refractivity contribution >= 4 is 34.2 Å². The van der Waals surface area contributed by atoms with E-state index in [1.54, 1.807) is 0 Å². The molecule has 25 heavy (non-hydrogen) atoms. The van der Waals surface area contributed by atoms with Gasteiger partial charge < -0.3 is 0 Å². The molecule has 2 nitrogen and oxygen atoms in total. The average Bonchev–Trinajstić information content (AvgIpc) is 2.98. The molecule has 0 radical (unpaired) electrons. The maximum absolute atomic E-state index is 6.57. The molecule has 0 atom stereocenters. The van der Waals surface area contributed by atoms with Gasteiger partial charge in [0.25, 0.3) is 0 Å². The maximum Gasteiger partial charge on any atom is 0.100 e. The Bertz CT molecular complexity index is 1100. The maximum atomic E-state index is 6.57. The number of hydrogen-bond donors (Lipinski definition) is 0. The van der Waals surface area contributed by atoms with Gasteiger partial charge in [-0.05, 0) is 55.3 Å². The standard InChI is InChI=1S/C21H16Cl2N2/c1-13-6-8-16(17(23)10-13)21-14(2)4-3-5-20(21)25-12-24-18-11-15(22)7-9-19(18)25/h3-12H,1-2H3. The molecule has 0 amide bonds. The summed E-state index contributed by atoms with van der Waals surface area (Å²) in [5, 5.41) is 1.44. The Morgan fingerprint density at radius 2 is 1.76 bits per heavy atom. The molecule has 0 unspecified atom stereocenters. The molecule has 4 aromatic rings. The van der Waals surface area contributed by atoms with Gasteiger partial charge in [-0.25, -0.2) is 4.98 Å². The van der Waals surface area contributed by atoms with Crippen molar-refractivity contribution in [2.24, 2.45) is 0 Å². The SMILES string of the molecule is Cc1ccc(-c2c(C)cccc2-n2cnc3cc(Cl)ccc32)c(Cl)c1. The summed E-state index contributed by atoms with van der Waals surface area (Å²) in [6.07, 6.45) is 1.83. The molecule has 0 saturated heterocycles. The summed E-state index contributed by atoms with van der Waals surface area (Å²) in [6, 6.07) is 18.2. The third kappa shape index (κ3) is 2.82. The second-order valence-electron chi connectivity index (χ2n) is 6.20. The zero-order valence-electron chi connectivity index (χ0n) is 13.9. The van der Waals surface area contributed by atoms with Crippen LogP contribution in [0.4, 0.5) is 0 Å². The summed E-state index contributed by atoms with van der Waals surface area (Å²) < 4.78 is 2.09. The Morgan fingerprint density at radius 3 is 2.56 bits per heavy atom. The lowest BCUT2D eigenvalue weighted by atomic mass is 9.97. The van der Waals surface area contributed by atoms with Crippen LogP contribution < -0.4 is 0 Å². The summed E-state index contributed by atoms with van der Waals surface area (Å²) in [7, 11) is 0. The molecule has 0 saturated carbocycles. The molecule has 4 rings (SSSR count). The fraction of sp³-hybridized carbons (Fsp3) is 0.0952. The lowest BCUT2D eigenvalue weighted by Crippen LogP contribution is -1.98. The van der Waals surface area contributed by atoms with Crippen LogP contribution in [0.2, 0.25) is 10.0 Å². The van der Waals surface area contributed by atoms with E-state index in [1.807, 2.05) is 37.5 Å². The lowest BCUT2D eigenvalue weighted by Gasteiger charge is -2.16. The number of benzene rings is 3. The van der Waals surface area contributed by atoms with E-state index in [0.717, 1.165) is 38.4 Å². The van der Waals surface area contributed by atoms with Gasteiger partial charge in [-0.3, -0.25) is 4.57 Å². The van der Waals surface area contributed by atoms with Crippen molar-refractivity contribution in [3.8, 4) is 16.8 Å². The highest BCUT2D eigenvalue weighted by Crippen LogP contribution is 2.36. The minimum absolute atomic E-state index is 0.684. The van der Waals surface area contributed by atoms with E-state index in [4.69, 9.17) is 23.2 Å². The van der Waals surface area contributed by atoms with Gasteiger partial charge in [0, 0.05) is 21.2 Å². The Kier molecular flexibility index (Phi) is 4.03. The van der Waals surface area contributed by atoms with Crippen LogP contribution >= 0.6 is 23.2 Å². The van der Waals surface area contributed by atoms with Crippen LogP contribution in [0.5, 0.6) is 0 Å². The molecule has 0 fully saturated rings. The Labute approximate surface area is 156 Å². The zero-order valence-corrected chi connectivity index (χ0v) is 15.4. The number of aryl methyl sites for hydroxylation is 2. The van der Waals surface area contributed by atoms with E-state index in [9.17, 15) is 0 Å². The minimum atomic E-state index is 0.684. The highest BCUT2D eigenvalue weighted by molar-refractivity contribution is 6.33. The quantitative estimate of drug-likeness (QED) is 0.389. The first-order valence-corrected chi connectivity index (χ1v) is 8.79. The number of rotatable bonds is 2. The highest BCUT2D eigenvalue weighted by Gasteiger charge is 2.15. The van der Waals surface area contributed by atoms with Gasteiger partial charge in [-0.1, -0.05) is 47.5 Å². The molecule has 0 N–H and O–H groups in total. The predicted octanol–water partition coefficient (Wildman–Crippen LogP) is 6.62. The monoisotopic (exact) mass is 366 g/mol. The van der Waals surface area contributed by atoms with Crippen molar-refractivity contribution < 1.29 is 0 Å². The van der Waals surface area contributed by atoms with Gasteiger partial charge in [0.2, 0.25) is 0 Å². The van der Waals surface area contributed by atoms with Crippen LogP contribution in [0.15, 0.2) is 60.9 Å². The molecule has 0 aliphatic rings.